The summed E-state index contributed by atoms with van der Waals surface area (Å²) in [6.07, 6.45) is 6.19. The van der Waals surface area contributed by atoms with E-state index in [0.717, 1.165) is 0 Å². The number of hydrogen-bond donors (Lipinski definition) is 1. The van der Waals surface area contributed by atoms with Gasteiger partial charge < -0.3 is 0 Å². The van der Waals surface area contributed by atoms with Crippen LogP contribution in [0.2, 0.25) is 4.44 Å². The van der Waals surface area contributed by atoms with E-state index < -0.39 is 21.6 Å². The summed E-state index contributed by atoms with van der Waals surface area (Å²) >= 11 is 1.81. The van der Waals surface area contributed by atoms with E-state index in [1.54, 1.807) is 0 Å². The predicted octanol–water partition coefficient (Wildman–Crippen LogP) is 3.77. The first kappa shape index (κ1) is 16.8. The van der Waals surface area contributed by atoms with Gasteiger partial charge in [0.25, 0.3) is 0 Å². The third-order valence-corrected chi connectivity index (χ3v) is 7.63. The molecule has 0 bridgehead atoms. The Bertz CT molecular complexity index is 141. The van der Waals surface area contributed by atoms with E-state index in [0.29, 0.717) is 11.5 Å². The van der Waals surface area contributed by atoms with Gasteiger partial charge in [-0.05, 0) is 0 Å². The van der Waals surface area contributed by atoms with Crippen molar-refractivity contribution in [2.75, 3.05) is 0 Å². The summed E-state index contributed by atoms with van der Waals surface area (Å²) in [6.45, 7) is 4.30. The van der Waals surface area contributed by atoms with Gasteiger partial charge in [0.15, 0.2) is 0 Å². The Labute approximate surface area is 121 Å². The van der Waals surface area contributed by atoms with Crippen molar-refractivity contribution in [3.8, 4) is 0 Å². The van der Waals surface area contributed by atoms with Crippen molar-refractivity contribution in [1.29, 1.82) is 0 Å². The van der Waals surface area contributed by atoms with E-state index in [1.807, 2.05) is 8.93 Å². The van der Waals surface area contributed by atoms with Crippen molar-refractivity contribution in [3.63, 3.8) is 0 Å². The number of hydrogen-bond acceptors (Lipinski definition) is 3. The molecule has 0 rings (SSSR count). The Morgan fingerprint density at radius 2 is 2.13 bits per heavy atom. The minimum absolute atomic E-state index is 0.369. The van der Waals surface area contributed by atoms with Crippen molar-refractivity contribution >= 4 is 51.7 Å². The van der Waals surface area contributed by atoms with Crippen LogP contribution in [0.4, 0.5) is 0 Å². The molecule has 0 aliphatic rings. The third kappa shape index (κ3) is 12.1. The molecule has 0 saturated heterocycles. The first-order valence-electron chi connectivity index (χ1n) is 5.62. The number of halogens is 1. The normalized spacial score (nSPS) is 15.2. The summed E-state index contributed by atoms with van der Waals surface area (Å²) in [5, 5.41) is 0. The van der Waals surface area contributed by atoms with Crippen LogP contribution in [0, 0.1) is 0 Å². The first-order chi connectivity index (χ1) is 7.20. The maximum absolute atomic E-state index is 5.93. The van der Waals surface area contributed by atoms with Gasteiger partial charge in [-0.15, -0.1) is 0 Å². The van der Waals surface area contributed by atoms with Crippen LogP contribution >= 0.6 is 30.1 Å². The van der Waals surface area contributed by atoms with E-state index >= 15 is 0 Å². The van der Waals surface area contributed by atoms with Gasteiger partial charge in [-0.25, -0.2) is 0 Å². The first-order valence-corrected chi connectivity index (χ1v) is 12.2. The van der Waals surface area contributed by atoms with E-state index in [2.05, 4.69) is 35.1 Å². The molecule has 0 aromatic carbocycles. The van der Waals surface area contributed by atoms with Crippen LogP contribution in [0.5, 0.6) is 0 Å². The molecular formula is C10H22INOSSn. The quantitative estimate of drug-likeness (QED) is 0.239. The Balaban J connectivity index is 3.21. The van der Waals surface area contributed by atoms with Crippen molar-refractivity contribution < 1.29 is 3.07 Å². The zero-order valence-electron chi connectivity index (χ0n) is 9.67. The summed E-state index contributed by atoms with van der Waals surface area (Å²) in [6, 6.07) is 0.369. The zero-order valence-corrected chi connectivity index (χ0v) is 15.5. The molecule has 0 aliphatic carbocycles. The zero-order chi connectivity index (χ0) is 11.5. The Morgan fingerprint density at radius 1 is 1.40 bits per heavy atom. The van der Waals surface area contributed by atoms with Crippen LogP contribution in [0.25, 0.3) is 0 Å². The van der Waals surface area contributed by atoms with E-state index in [1.165, 1.54) is 36.5 Å². The van der Waals surface area contributed by atoms with Crippen molar-refractivity contribution in [3.05, 3.63) is 0 Å². The molecule has 2 atom stereocenters. The van der Waals surface area contributed by atoms with Crippen LogP contribution in [0.3, 0.4) is 0 Å². The molecule has 0 amide bonds. The van der Waals surface area contributed by atoms with Crippen molar-refractivity contribution in [2.24, 2.45) is 5.73 Å². The van der Waals surface area contributed by atoms with Crippen LogP contribution in [0.15, 0.2) is 0 Å². The molecule has 2 radical (unpaired) electrons. The maximum atomic E-state index is 5.93. The molecule has 0 aliphatic heterocycles. The average Bonchev–Trinajstić information content (AvgIpc) is 2.21. The number of unbranched alkanes of at least 4 members (excludes halogenated alkanes) is 1. The molecule has 2 nitrogen and oxygen atoms in total. The monoisotopic (exact) mass is 451 g/mol. The van der Waals surface area contributed by atoms with Gasteiger partial charge in [0.05, 0.1) is 0 Å². The molecule has 0 fully saturated rings. The van der Waals surface area contributed by atoms with Gasteiger partial charge >= 0.3 is 122 Å². The van der Waals surface area contributed by atoms with Crippen molar-refractivity contribution in [2.45, 2.75) is 61.9 Å². The minimum atomic E-state index is -0.543. The second-order valence-corrected chi connectivity index (χ2v) is 8.95. The van der Waals surface area contributed by atoms with Gasteiger partial charge in [-0.2, -0.15) is 0 Å². The van der Waals surface area contributed by atoms with E-state index in [-0.39, 0.29) is 0 Å². The molecule has 5 heteroatoms. The van der Waals surface area contributed by atoms with Crippen LogP contribution < -0.4 is 5.73 Å². The van der Waals surface area contributed by atoms with Crippen LogP contribution in [-0.4, -0.2) is 33.0 Å². The van der Waals surface area contributed by atoms with Crippen LogP contribution in [0.1, 0.15) is 46.0 Å². The van der Waals surface area contributed by atoms with Gasteiger partial charge in [0.2, 0.25) is 0 Å². The standard InChI is InChI=1S/C6H14N.C4H8IOS.Sn/c1-3-4-5-6(2)7;1-2-3-4(6)7-5;/h6H,1,3-5,7H2,2H3;4H,2-3H2,1H3;/q;-1;+1. The Kier molecular flexibility index (Phi) is 13.7. The van der Waals surface area contributed by atoms with Crippen molar-refractivity contribution in [1.82, 2.24) is 0 Å². The summed E-state index contributed by atoms with van der Waals surface area (Å²) in [4.78, 5) is 0. The van der Waals surface area contributed by atoms with Gasteiger partial charge in [0.1, 0.15) is 0 Å². The summed E-state index contributed by atoms with van der Waals surface area (Å²) in [5.74, 6) is 0. The van der Waals surface area contributed by atoms with Gasteiger partial charge in [-0.1, -0.05) is 0 Å². The molecule has 0 aromatic rings. The van der Waals surface area contributed by atoms with Crippen LogP contribution in [-0.2, 0) is 3.07 Å². The fourth-order valence-corrected chi connectivity index (χ4v) is 7.48. The molecule has 0 saturated carbocycles. The second kappa shape index (κ2) is 12.3. The summed E-state index contributed by atoms with van der Waals surface area (Å²) in [7, 11) is 1.83. The molecular weight excluding hydrogens is 428 g/mol. The molecule has 15 heavy (non-hydrogen) atoms. The van der Waals surface area contributed by atoms with Gasteiger partial charge in [0, 0.05) is 0 Å². The van der Waals surface area contributed by atoms with E-state index in [4.69, 9.17) is 8.81 Å². The molecule has 2 N–H and O–H groups in total. The molecule has 2 unspecified atom stereocenters. The Hall–Kier alpha value is 1.80. The van der Waals surface area contributed by atoms with Gasteiger partial charge in [-0.3, -0.25) is 0 Å². The number of nitrogens with two attached hydrogens (primary N) is 1. The van der Waals surface area contributed by atoms with E-state index in [9.17, 15) is 0 Å². The molecule has 0 aromatic heterocycles. The average molecular weight is 450 g/mol. The second-order valence-electron chi connectivity index (χ2n) is 3.79. The topological polar surface area (TPSA) is 35.2 Å². The predicted molar refractivity (Wildman–Crippen MR) is 79.5 cm³/mol. The summed E-state index contributed by atoms with van der Waals surface area (Å²) < 4.78 is 7.27. The fraction of sp³-hybridized carbons (Fsp3) is 1.00. The fourth-order valence-electron chi connectivity index (χ4n) is 1.17. The SMILES string of the molecule is CCCC([O][Sn][CH2]CCCC(C)N)SI. The molecule has 90 valence electrons. The molecule has 0 spiro atoms. The Morgan fingerprint density at radius 3 is 2.67 bits per heavy atom. The molecule has 0 heterocycles. The summed E-state index contributed by atoms with van der Waals surface area (Å²) in [5.41, 5.74) is 6.16. The number of rotatable bonds is 10. The third-order valence-electron chi connectivity index (χ3n) is 2.03.